The van der Waals surface area contributed by atoms with Crippen molar-refractivity contribution in [1.82, 2.24) is 4.98 Å². The average Bonchev–Trinajstić information content (AvgIpc) is 2.44. The lowest BCUT2D eigenvalue weighted by Gasteiger charge is -2.09. The molecule has 0 saturated carbocycles. The summed E-state index contributed by atoms with van der Waals surface area (Å²) < 4.78 is 5.33. The number of benzene rings is 1. The number of carbonyl (C=O) groups excluding carboxylic acids is 1. The Morgan fingerprint density at radius 1 is 1.35 bits per heavy atom. The molecule has 5 heteroatoms. The molecule has 0 saturated heterocycles. The predicted molar refractivity (Wildman–Crippen MR) is 79.0 cm³/mol. The van der Waals surface area contributed by atoms with E-state index in [9.17, 15) is 4.79 Å². The summed E-state index contributed by atoms with van der Waals surface area (Å²) in [5, 5.41) is 2.72. The Hall–Kier alpha value is -2.56. The fourth-order valence-electron chi connectivity index (χ4n) is 1.71. The minimum Gasteiger partial charge on any atom is -0.492 e. The molecule has 1 aromatic carbocycles. The SMILES string of the molecule is CCOc1ccc(C(=O)Nc2ccc(C)cn2)cc1N. The molecular weight excluding hydrogens is 254 g/mol. The molecule has 1 aromatic heterocycles. The zero-order chi connectivity index (χ0) is 14.5. The number of hydrogen-bond donors (Lipinski definition) is 2. The lowest BCUT2D eigenvalue weighted by atomic mass is 10.1. The lowest BCUT2D eigenvalue weighted by Crippen LogP contribution is -2.13. The Labute approximate surface area is 117 Å². The van der Waals surface area contributed by atoms with E-state index in [0.717, 1.165) is 5.56 Å². The van der Waals surface area contributed by atoms with E-state index in [1.165, 1.54) is 0 Å². The predicted octanol–water partition coefficient (Wildman–Crippen LogP) is 2.62. The van der Waals surface area contributed by atoms with Crippen LogP contribution in [0.1, 0.15) is 22.8 Å². The molecule has 0 aliphatic carbocycles. The maximum Gasteiger partial charge on any atom is 0.256 e. The molecule has 0 bridgehead atoms. The molecule has 20 heavy (non-hydrogen) atoms. The first-order valence-electron chi connectivity index (χ1n) is 6.36. The third-order valence-electron chi connectivity index (χ3n) is 2.72. The highest BCUT2D eigenvalue weighted by Crippen LogP contribution is 2.22. The van der Waals surface area contributed by atoms with Crippen LogP contribution in [0.4, 0.5) is 11.5 Å². The van der Waals surface area contributed by atoms with E-state index < -0.39 is 0 Å². The average molecular weight is 271 g/mol. The maximum absolute atomic E-state index is 12.1. The minimum absolute atomic E-state index is 0.254. The van der Waals surface area contributed by atoms with Crippen LogP contribution in [0.2, 0.25) is 0 Å². The Morgan fingerprint density at radius 3 is 2.75 bits per heavy atom. The largest absolute Gasteiger partial charge is 0.492 e. The monoisotopic (exact) mass is 271 g/mol. The van der Waals surface area contributed by atoms with E-state index in [1.54, 1.807) is 30.5 Å². The van der Waals surface area contributed by atoms with E-state index in [0.29, 0.717) is 29.4 Å². The van der Waals surface area contributed by atoms with Gasteiger partial charge in [-0.2, -0.15) is 0 Å². The number of pyridine rings is 1. The number of rotatable bonds is 4. The molecule has 0 spiro atoms. The van der Waals surface area contributed by atoms with E-state index in [2.05, 4.69) is 10.3 Å². The van der Waals surface area contributed by atoms with Crippen LogP contribution >= 0.6 is 0 Å². The molecule has 0 aliphatic rings. The van der Waals surface area contributed by atoms with Crippen molar-refractivity contribution >= 4 is 17.4 Å². The van der Waals surface area contributed by atoms with E-state index in [4.69, 9.17) is 10.5 Å². The van der Waals surface area contributed by atoms with Crippen molar-refractivity contribution in [3.63, 3.8) is 0 Å². The number of aromatic nitrogens is 1. The van der Waals surface area contributed by atoms with Crippen molar-refractivity contribution in [2.75, 3.05) is 17.7 Å². The first-order valence-corrected chi connectivity index (χ1v) is 6.36. The molecule has 0 radical (unpaired) electrons. The van der Waals surface area contributed by atoms with Gasteiger partial charge in [0.15, 0.2) is 0 Å². The molecule has 0 unspecified atom stereocenters. The van der Waals surface area contributed by atoms with Gasteiger partial charge in [0.25, 0.3) is 5.91 Å². The fraction of sp³-hybridized carbons (Fsp3) is 0.200. The Bertz CT molecular complexity index is 609. The summed E-state index contributed by atoms with van der Waals surface area (Å²) in [6.07, 6.45) is 1.70. The van der Waals surface area contributed by atoms with Gasteiger partial charge < -0.3 is 15.8 Å². The van der Waals surface area contributed by atoms with Gasteiger partial charge in [0.05, 0.1) is 12.3 Å². The van der Waals surface area contributed by atoms with Gasteiger partial charge in [-0.25, -0.2) is 4.98 Å². The van der Waals surface area contributed by atoms with E-state index in [-0.39, 0.29) is 5.91 Å². The highest BCUT2D eigenvalue weighted by atomic mass is 16.5. The van der Waals surface area contributed by atoms with Crippen molar-refractivity contribution in [3.05, 3.63) is 47.7 Å². The van der Waals surface area contributed by atoms with Crippen molar-refractivity contribution in [2.45, 2.75) is 13.8 Å². The van der Waals surface area contributed by atoms with Gasteiger partial charge in [-0.1, -0.05) is 6.07 Å². The number of anilines is 2. The van der Waals surface area contributed by atoms with Crippen LogP contribution in [0.3, 0.4) is 0 Å². The normalized spacial score (nSPS) is 10.1. The zero-order valence-electron chi connectivity index (χ0n) is 11.5. The first kappa shape index (κ1) is 13.9. The Morgan fingerprint density at radius 2 is 2.15 bits per heavy atom. The van der Waals surface area contributed by atoms with Gasteiger partial charge in [-0.3, -0.25) is 4.79 Å². The van der Waals surface area contributed by atoms with Crippen LogP contribution in [0.25, 0.3) is 0 Å². The summed E-state index contributed by atoms with van der Waals surface area (Å²) in [6, 6.07) is 8.59. The molecule has 5 nitrogen and oxygen atoms in total. The molecule has 2 aromatic rings. The summed E-state index contributed by atoms with van der Waals surface area (Å²) in [5.74, 6) is 0.835. The van der Waals surface area contributed by atoms with Gasteiger partial charge in [0.2, 0.25) is 0 Å². The minimum atomic E-state index is -0.254. The van der Waals surface area contributed by atoms with Crippen molar-refractivity contribution in [1.29, 1.82) is 0 Å². The van der Waals surface area contributed by atoms with Gasteiger partial charge in [-0.05, 0) is 43.7 Å². The van der Waals surface area contributed by atoms with Crippen LogP contribution < -0.4 is 15.8 Å². The molecule has 3 N–H and O–H groups in total. The first-order chi connectivity index (χ1) is 9.60. The van der Waals surface area contributed by atoms with E-state index in [1.807, 2.05) is 19.9 Å². The standard InChI is InChI=1S/C15H17N3O2/c1-3-20-13-6-5-11(8-12(13)16)15(19)18-14-7-4-10(2)9-17-14/h4-9H,3,16H2,1-2H3,(H,17,18,19). The van der Waals surface area contributed by atoms with Crippen LogP contribution in [-0.4, -0.2) is 17.5 Å². The number of ether oxygens (including phenoxy) is 1. The molecule has 104 valence electrons. The number of carbonyl (C=O) groups is 1. The van der Waals surface area contributed by atoms with Gasteiger partial charge >= 0.3 is 0 Å². The molecule has 1 amide bonds. The second kappa shape index (κ2) is 6.06. The van der Waals surface area contributed by atoms with Crippen LogP contribution in [0, 0.1) is 6.92 Å². The number of aryl methyl sites for hydroxylation is 1. The lowest BCUT2D eigenvalue weighted by molar-refractivity contribution is 0.102. The van der Waals surface area contributed by atoms with Gasteiger partial charge in [0, 0.05) is 11.8 Å². The smallest absolute Gasteiger partial charge is 0.256 e. The summed E-state index contributed by atoms with van der Waals surface area (Å²) in [5.41, 5.74) is 7.78. The maximum atomic E-state index is 12.1. The summed E-state index contributed by atoms with van der Waals surface area (Å²) in [6.45, 7) is 4.35. The number of hydrogen-bond acceptors (Lipinski definition) is 4. The van der Waals surface area contributed by atoms with Crippen LogP contribution in [0.15, 0.2) is 36.5 Å². The summed E-state index contributed by atoms with van der Waals surface area (Å²) in [4.78, 5) is 16.2. The Kier molecular flexibility index (Phi) is 4.20. The summed E-state index contributed by atoms with van der Waals surface area (Å²) >= 11 is 0. The molecular formula is C15H17N3O2. The fourth-order valence-corrected chi connectivity index (χ4v) is 1.71. The highest BCUT2D eigenvalue weighted by molar-refractivity contribution is 6.04. The molecule has 2 rings (SSSR count). The third-order valence-corrected chi connectivity index (χ3v) is 2.72. The van der Waals surface area contributed by atoms with E-state index >= 15 is 0 Å². The van der Waals surface area contributed by atoms with Crippen molar-refractivity contribution < 1.29 is 9.53 Å². The number of nitrogens with one attached hydrogen (secondary N) is 1. The number of nitrogens with zero attached hydrogens (tertiary/aromatic N) is 1. The van der Waals surface area contributed by atoms with Crippen molar-refractivity contribution in [3.8, 4) is 5.75 Å². The molecule has 1 heterocycles. The third kappa shape index (κ3) is 3.26. The second-order valence-electron chi connectivity index (χ2n) is 4.36. The zero-order valence-corrected chi connectivity index (χ0v) is 11.5. The van der Waals surface area contributed by atoms with Crippen LogP contribution in [-0.2, 0) is 0 Å². The number of amides is 1. The summed E-state index contributed by atoms with van der Waals surface area (Å²) in [7, 11) is 0. The topological polar surface area (TPSA) is 77.2 Å². The Balaban J connectivity index is 2.13. The highest BCUT2D eigenvalue weighted by Gasteiger charge is 2.09. The molecule has 0 aliphatic heterocycles. The quantitative estimate of drug-likeness (QED) is 0.838. The number of nitrogens with two attached hydrogens (primary N) is 1. The van der Waals surface area contributed by atoms with Gasteiger partial charge in [-0.15, -0.1) is 0 Å². The van der Waals surface area contributed by atoms with Crippen molar-refractivity contribution in [2.24, 2.45) is 0 Å². The molecule has 0 fully saturated rings. The van der Waals surface area contributed by atoms with Crippen LogP contribution in [0.5, 0.6) is 5.75 Å². The van der Waals surface area contributed by atoms with Gasteiger partial charge in [0.1, 0.15) is 11.6 Å². The number of nitrogen functional groups attached to an aromatic ring is 1. The second-order valence-corrected chi connectivity index (χ2v) is 4.36. The molecule has 0 atom stereocenters.